The van der Waals surface area contributed by atoms with Crippen molar-refractivity contribution >= 4 is 5.78 Å². The molecule has 1 fully saturated rings. The Bertz CT molecular complexity index is 455. The van der Waals surface area contributed by atoms with Crippen LogP contribution < -0.4 is 0 Å². The van der Waals surface area contributed by atoms with Gasteiger partial charge in [0.1, 0.15) is 5.78 Å². The Morgan fingerprint density at radius 3 is 2.37 bits per heavy atom. The summed E-state index contributed by atoms with van der Waals surface area (Å²) in [6.45, 7) is 2.32. The zero-order valence-electron chi connectivity index (χ0n) is 11.9. The van der Waals surface area contributed by atoms with Crippen molar-refractivity contribution in [2.24, 2.45) is 17.8 Å². The smallest absolute Gasteiger partial charge is 0.139 e. The van der Waals surface area contributed by atoms with Crippen molar-refractivity contribution in [1.29, 1.82) is 0 Å². The lowest BCUT2D eigenvalue weighted by molar-refractivity contribution is -0.128. The summed E-state index contributed by atoms with van der Waals surface area (Å²) in [5.41, 5.74) is 2.88. The number of hydrogen-bond donors (Lipinski definition) is 0. The average Bonchev–Trinajstić information content (AvgIpc) is 2.47. The Kier molecular flexibility index (Phi) is 3.72. The van der Waals surface area contributed by atoms with Crippen molar-refractivity contribution in [1.82, 2.24) is 0 Å². The zero-order chi connectivity index (χ0) is 13.2. The molecule has 0 N–H and O–H groups in total. The number of fused-ring (bicyclic) bond motifs is 1. The van der Waals surface area contributed by atoms with Crippen LogP contribution in [0.1, 0.15) is 50.2 Å². The Morgan fingerprint density at radius 1 is 0.947 bits per heavy atom. The van der Waals surface area contributed by atoms with Crippen molar-refractivity contribution in [3.8, 4) is 0 Å². The fourth-order valence-electron chi connectivity index (χ4n) is 3.82. The highest BCUT2D eigenvalue weighted by Crippen LogP contribution is 2.34. The summed E-state index contributed by atoms with van der Waals surface area (Å²) in [7, 11) is 0. The molecule has 2 aliphatic carbocycles. The molecule has 1 heteroatoms. The molecular weight excluding hydrogens is 232 g/mol. The molecule has 0 amide bonds. The monoisotopic (exact) mass is 256 g/mol. The number of Topliss-reactive ketones (excluding diaryl/α,β-unsaturated/α-hetero) is 1. The quantitative estimate of drug-likeness (QED) is 0.775. The van der Waals surface area contributed by atoms with Crippen molar-refractivity contribution in [3.05, 3.63) is 35.4 Å². The maximum atomic E-state index is 12.7. The van der Waals surface area contributed by atoms with E-state index in [2.05, 4.69) is 31.2 Å². The van der Waals surface area contributed by atoms with Gasteiger partial charge in [0.25, 0.3) is 0 Å². The first-order valence-corrected chi connectivity index (χ1v) is 7.84. The molecule has 1 saturated carbocycles. The van der Waals surface area contributed by atoms with E-state index in [1.165, 1.54) is 24.0 Å². The first kappa shape index (κ1) is 12.9. The van der Waals surface area contributed by atoms with E-state index in [1.54, 1.807) is 0 Å². The molecule has 2 aliphatic rings. The highest BCUT2D eigenvalue weighted by Gasteiger charge is 2.31. The third-order valence-electron chi connectivity index (χ3n) is 5.17. The van der Waals surface area contributed by atoms with Gasteiger partial charge < -0.3 is 0 Å². The molecule has 19 heavy (non-hydrogen) atoms. The fraction of sp³-hybridized carbons (Fsp3) is 0.611. The number of hydrogen-bond acceptors (Lipinski definition) is 1. The third kappa shape index (κ3) is 2.75. The highest BCUT2D eigenvalue weighted by atomic mass is 16.1. The molecule has 0 radical (unpaired) electrons. The molecule has 0 bridgehead atoms. The van der Waals surface area contributed by atoms with Crippen molar-refractivity contribution in [3.63, 3.8) is 0 Å². The summed E-state index contributed by atoms with van der Waals surface area (Å²) in [6.07, 6.45) is 7.92. The minimum Gasteiger partial charge on any atom is -0.299 e. The van der Waals surface area contributed by atoms with Crippen LogP contribution in [0.25, 0.3) is 0 Å². The number of benzene rings is 1. The Balaban J connectivity index is 1.66. The van der Waals surface area contributed by atoms with Gasteiger partial charge in [-0.05, 0) is 49.1 Å². The lowest BCUT2D eigenvalue weighted by Crippen LogP contribution is -2.30. The third-order valence-corrected chi connectivity index (χ3v) is 5.17. The van der Waals surface area contributed by atoms with Gasteiger partial charge in [-0.3, -0.25) is 4.79 Å². The van der Waals surface area contributed by atoms with Crippen molar-refractivity contribution < 1.29 is 4.79 Å². The minimum absolute atomic E-state index is 0.299. The summed E-state index contributed by atoms with van der Waals surface area (Å²) in [4.78, 5) is 12.7. The van der Waals surface area contributed by atoms with Gasteiger partial charge in [-0.15, -0.1) is 0 Å². The average molecular weight is 256 g/mol. The minimum atomic E-state index is 0.299. The van der Waals surface area contributed by atoms with Gasteiger partial charge >= 0.3 is 0 Å². The normalized spacial score (nSPS) is 30.7. The molecule has 1 aromatic rings. The molecule has 0 spiro atoms. The van der Waals surface area contributed by atoms with Crippen LogP contribution in [0.15, 0.2) is 24.3 Å². The van der Waals surface area contributed by atoms with Gasteiger partial charge in [0, 0.05) is 11.8 Å². The molecule has 0 aromatic heterocycles. The zero-order valence-corrected chi connectivity index (χ0v) is 11.9. The number of aryl methyl sites for hydroxylation is 1. The summed E-state index contributed by atoms with van der Waals surface area (Å²) < 4.78 is 0. The highest BCUT2D eigenvalue weighted by molar-refractivity contribution is 5.84. The van der Waals surface area contributed by atoms with E-state index in [4.69, 9.17) is 0 Å². The molecule has 1 aromatic carbocycles. The van der Waals surface area contributed by atoms with Crippen LogP contribution in [0.5, 0.6) is 0 Å². The molecule has 0 saturated heterocycles. The first-order chi connectivity index (χ1) is 9.24. The number of rotatable bonds is 2. The summed E-state index contributed by atoms with van der Waals surface area (Å²) in [5.74, 6) is 2.07. The first-order valence-electron chi connectivity index (χ1n) is 7.84. The van der Waals surface area contributed by atoms with Crippen LogP contribution in [0.4, 0.5) is 0 Å². The van der Waals surface area contributed by atoms with Crippen LogP contribution in [0, 0.1) is 17.8 Å². The Morgan fingerprint density at radius 2 is 1.63 bits per heavy atom. The second kappa shape index (κ2) is 5.48. The van der Waals surface area contributed by atoms with Gasteiger partial charge in [0.05, 0.1) is 0 Å². The maximum Gasteiger partial charge on any atom is 0.139 e. The number of carbonyl (C=O) groups excluding carboxylic acids is 1. The van der Waals surface area contributed by atoms with E-state index in [9.17, 15) is 4.79 Å². The molecular formula is C18H24O. The van der Waals surface area contributed by atoms with Gasteiger partial charge in [-0.2, -0.15) is 0 Å². The molecule has 0 heterocycles. The second-order valence-corrected chi connectivity index (χ2v) is 6.57. The SMILES string of the molecule is CC1CCC(C(=O)C2CCc3ccccc3C2)CC1. The van der Waals surface area contributed by atoms with Gasteiger partial charge in [-0.25, -0.2) is 0 Å². The molecule has 0 aliphatic heterocycles. The maximum absolute atomic E-state index is 12.7. The van der Waals surface area contributed by atoms with E-state index >= 15 is 0 Å². The Labute approximate surface area is 116 Å². The molecule has 1 atom stereocenters. The topological polar surface area (TPSA) is 17.1 Å². The predicted molar refractivity (Wildman–Crippen MR) is 78.1 cm³/mol. The van der Waals surface area contributed by atoms with Gasteiger partial charge in [0.2, 0.25) is 0 Å². The largest absolute Gasteiger partial charge is 0.299 e. The summed E-state index contributed by atoms with van der Waals surface area (Å²) in [6, 6.07) is 8.65. The van der Waals surface area contributed by atoms with E-state index in [0.29, 0.717) is 17.6 Å². The van der Waals surface area contributed by atoms with Crippen LogP contribution >= 0.6 is 0 Å². The summed E-state index contributed by atoms with van der Waals surface area (Å²) >= 11 is 0. The number of ketones is 1. The van der Waals surface area contributed by atoms with E-state index in [0.717, 1.165) is 38.0 Å². The van der Waals surface area contributed by atoms with Gasteiger partial charge in [-0.1, -0.05) is 44.0 Å². The van der Waals surface area contributed by atoms with E-state index in [-0.39, 0.29) is 0 Å². The van der Waals surface area contributed by atoms with E-state index in [1.807, 2.05) is 0 Å². The fourth-order valence-corrected chi connectivity index (χ4v) is 3.82. The lowest BCUT2D eigenvalue weighted by atomic mass is 9.73. The Hall–Kier alpha value is -1.11. The van der Waals surface area contributed by atoms with Crippen LogP contribution in [0.2, 0.25) is 0 Å². The van der Waals surface area contributed by atoms with Gasteiger partial charge in [0.15, 0.2) is 0 Å². The van der Waals surface area contributed by atoms with Crippen molar-refractivity contribution in [2.75, 3.05) is 0 Å². The van der Waals surface area contributed by atoms with Crippen LogP contribution in [0.3, 0.4) is 0 Å². The molecule has 3 rings (SSSR count). The predicted octanol–water partition coefficient (Wildman–Crippen LogP) is 4.19. The lowest BCUT2D eigenvalue weighted by Gasteiger charge is -2.30. The standard InChI is InChI=1S/C18H24O/c1-13-6-8-15(9-7-13)18(19)17-11-10-14-4-2-3-5-16(14)12-17/h2-5,13,15,17H,6-12H2,1H3. The molecule has 102 valence electrons. The second-order valence-electron chi connectivity index (χ2n) is 6.57. The van der Waals surface area contributed by atoms with Crippen LogP contribution in [-0.4, -0.2) is 5.78 Å². The number of carbonyl (C=O) groups is 1. The summed E-state index contributed by atoms with van der Waals surface area (Å²) in [5, 5.41) is 0. The molecule has 1 nitrogen and oxygen atoms in total. The molecule has 1 unspecified atom stereocenters. The van der Waals surface area contributed by atoms with Crippen molar-refractivity contribution in [2.45, 2.75) is 51.9 Å². The van der Waals surface area contributed by atoms with E-state index < -0.39 is 0 Å². The van der Waals surface area contributed by atoms with Crippen LogP contribution in [-0.2, 0) is 17.6 Å².